The molecule has 0 fully saturated rings. The van der Waals surface area contributed by atoms with Crippen LogP contribution in [-0.4, -0.2) is 11.0 Å². The standard InChI is InChI=1S/C13H14ClN3OS/c1-8-9(2)19-13(16-8)17-12(18)15-7-10-3-5-11(14)6-4-10/h3-6H,7H2,1-2H3,(H2,15,16,17,18). The molecule has 6 heteroatoms. The van der Waals surface area contributed by atoms with E-state index in [4.69, 9.17) is 11.6 Å². The van der Waals surface area contributed by atoms with Gasteiger partial charge < -0.3 is 5.32 Å². The number of thiazole rings is 1. The lowest BCUT2D eigenvalue weighted by Gasteiger charge is -2.05. The normalized spacial score (nSPS) is 10.3. The van der Waals surface area contributed by atoms with E-state index in [0.29, 0.717) is 16.7 Å². The first-order valence-electron chi connectivity index (χ1n) is 5.78. The molecular formula is C13H14ClN3OS. The van der Waals surface area contributed by atoms with Gasteiger partial charge in [0.1, 0.15) is 0 Å². The number of urea groups is 1. The predicted molar refractivity (Wildman–Crippen MR) is 78.9 cm³/mol. The molecule has 1 aromatic carbocycles. The molecule has 0 radical (unpaired) electrons. The average molecular weight is 296 g/mol. The minimum atomic E-state index is -0.260. The maximum Gasteiger partial charge on any atom is 0.321 e. The van der Waals surface area contributed by atoms with Gasteiger partial charge in [0.15, 0.2) is 5.13 Å². The van der Waals surface area contributed by atoms with Crippen molar-refractivity contribution < 1.29 is 4.79 Å². The van der Waals surface area contributed by atoms with Gasteiger partial charge in [-0.05, 0) is 31.5 Å². The Balaban J connectivity index is 1.86. The van der Waals surface area contributed by atoms with Gasteiger partial charge in [-0.25, -0.2) is 9.78 Å². The number of nitrogens with one attached hydrogen (secondary N) is 2. The van der Waals surface area contributed by atoms with Gasteiger partial charge >= 0.3 is 6.03 Å². The van der Waals surface area contributed by atoms with Crippen molar-refractivity contribution in [3.63, 3.8) is 0 Å². The highest BCUT2D eigenvalue weighted by Gasteiger charge is 2.07. The van der Waals surface area contributed by atoms with Crippen LogP contribution >= 0.6 is 22.9 Å². The molecular weight excluding hydrogens is 282 g/mol. The van der Waals surface area contributed by atoms with Crippen molar-refractivity contribution in [3.05, 3.63) is 45.4 Å². The molecule has 0 bridgehead atoms. The van der Waals surface area contributed by atoms with Crippen LogP contribution in [-0.2, 0) is 6.54 Å². The molecule has 0 aliphatic heterocycles. The average Bonchev–Trinajstić information content (AvgIpc) is 2.67. The van der Waals surface area contributed by atoms with Crippen LogP contribution in [0.3, 0.4) is 0 Å². The highest BCUT2D eigenvalue weighted by atomic mass is 35.5. The van der Waals surface area contributed by atoms with Gasteiger partial charge in [-0.2, -0.15) is 0 Å². The number of benzene rings is 1. The Morgan fingerprint density at radius 1 is 1.32 bits per heavy atom. The van der Waals surface area contributed by atoms with Gasteiger partial charge in [-0.3, -0.25) is 5.32 Å². The summed E-state index contributed by atoms with van der Waals surface area (Å²) in [6.07, 6.45) is 0. The van der Waals surface area contributed by atoms with E-state index in [0.717, 1.165) is 16.1 Å². The molecule has 0 saturated heterocycles. The smallest absolute Gasteiger partial charge is 0.321 e. The first kappa shape index (κ1) is 13.8. The van der Waals surface area contributed by atoms with E-state index in [1.54, 1.807) is 12.1 Å². The molecule has 19 heavy (non-hydrogen) atoms. The maximum atomic E-state index is 11.7. The second-order valence-corrected chi connectivity index (χ2v) is 5.73. The molecule has 2 amide bonds. The highest BCUT2D eigenvalue weighted by molar-refractivity contribution is 7.15. The summed E-state index contributed by atoms with van der Waals surface area (Å²) in [6.45, 7) is 4.35. The zero-order valence-corrected chi connectivity index (χ0v) is 12.2. The van der Waals surface area contributed by atoms with Crippen molar-refractivity contribution >= 4 is 34.1 Å². The summed E-state index contributed by atoms with van der Waals surface area (Å²) in [4.78, 5) is 17.0. The topological polar surface area (TPSA) is 54.0 Å². The molecule has 1 heterocycles. The molecule has 0 saturated carbocycles. The number of aromatic nitrogens is 1. The SMILES string of the molecule is Cc1nc(NC(=O)NCc2ccc(Cl)cc2)sc1C. The minimum absolute atomic E-state index is 0.260. The fourth-order valence-corrected chi connectivity index (χ4v) is 2.39. The van der Waals surface area contributed by atoms with Gasteiger partial charge in [-0.15, -0.1) is 11.3 Å². The van der Waals surface area contributed by atoms with Crippen LogP contribution in [0, 0.1) is 13.8 Å². The van der Waals surface area contributed by atoms with E-state index in [9.17, 15) is 4.79 Å². The lowest BCUT2D eigenvalue weighted by atomic mass is 10.2. The number of carbonyl (C=O) groups excluding carboxylic acids is 1. The lowest BCUT2D eigenvalue weighted by molar-refractivity contribution is 0.251. The number of halogens is 1. The second kappa shape index (κ2) is 6.04. The predicted octanol–water partition coefficient (Wildman–Crippen LogP) is 3.74. The van der Waals surface area contributed by atoms with Crippen molar-refractivity contribution in [2.24, 2.45) is 0 Å². The zero-order valence-electron chi connectivity index (χ0n) is 10.7. The summed E-state index contributed by atoms with van der Waals surface area (Å²) in [7, 11) is 0. The number of anilines is 1. The Morgan fingerprint density at radius 2 is 2.00 bits per heavy atom. The Kier molecular flexibility index (Phi) is 4.39. The fraction of sp³-hybridized carbons (Fsp3) is 0.231. The van der Waals surface area contributed by atoms with Gasteiger partial charge in [0.25, 0.3) is 0 Å². The van der Waals surface area contributed by atoms with E-state index in [1.807, 2.05) is 26.0 Å². The Bertz CT molecular complexity index is 561. The van der Waals surface area contributed by atoms with Crippen LogP contribution in [0.15, 0.2) is 24.3 Å². The third-order valence-corrected chi connectivity index (χ3v) is 3.86. The van der Waals surface area contributed by atoms with Crippen molar-refractivity contribution in [1.29, 1.82) is 0 Å². The molecule has 0 unspecified atom stereocenters. The van der Waals surface area contributed by atoms with Crippen LogP contribution in [0.25, 0.3) is 0 Å². The summed E-state index contributed by atoms with van der Waals surface area (Å²) in [5, 5.41) is 6.78. The molecule has 100 valence electrons. The summed E-state index contributed by atoms with van der Waals surface area (Å²) in [6, 6.07) is 7.08. The summed E-state index contributed by atoms with van der Waals surface area (Å²) >= 11 is 7.26. The van der Waals surface area contributed by atoms with Crippen molar-refractivity contribution in [1.82, 2.24) is 10.3 Å². The van der Waals surface area contributed by atoms with Gasteiger partial charge in [-0.1, -0.05) is 23.7 Å². The first-order valence-corrected chi connectivity index (χ1v) is 6.97. The molecule has 2 N–H and O–H groups in total. The van der Waals surface area contributed by atoms with E-state index < -0.39 is 0 Å². The van der Waals surface area contributed by atoms with E-state index >= 15 is 0 Å². The number of aryl methyl sites for hydroxylation is 2. The number of carbonyl (C=O) groups is 1. The van der Waals surface area contributed by atoms with Crippen molar-refractivity contribution in [2.45, 2.75) is 20.4 Å². The van der Waals surface area contributed by atoms with Crippen LogP contribution in [0.2, 0.25) is 5.02 Å². The molecule has 0 aliphatic carbocycles. The molecule has 4 nitrogen and oxygen atoms in total. The molecule has 0 spiro atoms. The fourth-order valence-electron chi connectivity index (χ4n) is 1.45. The number of hydrogen-bond acceptors (Lipinski definition) is 3. The molecule has 2 rings (SSSR count). The lowest BCUT2D eigenvalue weighted by Crippen LogP contribution is -2.28. The summed E-state index contributed by atoms with van der Waals surface area (Å²) in [5.74, 6) is 0. The summed E-state index contributed by atoms with van der Waals surface area (Å²) < 4.78 is 0. The number of amides is 2. The second-order valence-electron chi connectivity index (χ2n) is 4.09. The third kappa shape index (κ3) is 3.94. The molecule has 0 aliphatic rings. The number of rotatable bonds is 3. The summed E-state index contributed by atoms with van der Waals surface area (Å²) in [5.41, 5.74) is 1.93. The maximum absolute atomic E-state index is 11.7. The quantitative estimate of drug-likeness (QED) is 0.906. The Hall–Kier alpha value is -1.59. The highest BCUT2D eigenvalue weighted by Crippen LogP contribution is 2.20. The Labute approximate surface area is 120 Å². The van der Waals surface area contributed by atoms with Gasteiger partial charge in [0.2, 0.25) is 0 Å². The van der Waals surface area contributed by atoms with E-state index in [1.165, 1.54) is 11.3 Å². The van der Waals surface area contributed by atoms with Gasteiger partial charge in [0.05, 0.1) is 5.69 Å². The van der Waals surface area contributed by atoms with Crippen molar-refractivity contribution in [3.8, 4) is 0 Å². The molecule has 2 aromatic rings. The Morgan fingerprint density at radius 3 is 2.58 bits per heavy atom. The van der Waals surface area contributed by atoms with Gasteiger partial charge in [0, 0.05) is 16.4 Å². The third-order valence-electron chi connectivity index (χ3n) is 2.62. The van der Waals surface area contributed by atoms with Crippen LogP contribution in [0.5, 0.6) is 0 Å². The van der Waals surface area contributed by atoms with Crippen LogP contribution in [0.1, 0.15) is 16.1 Å². The first-order chi connectivity index (χ1) is 9.04. The van der Waals surface area contributed by atoms with Crippen molar-refractivity contribution in [2.75, 3.05) is 5.32 Å². The van der Waals surface area contributed by atoms with Crippen LogP contribution in [0.4, 0.5) is 9.93 Å². The van der Waals surface area contributed by atoms with E-state index in [2.05, 4.69) is 15.6 Å². The minimum Gasteiger partial charge on any atom is -0.334 e. The number of hydrogen-bond donors (Lipinski definition) is 2. The molecule has 1 aromatic heterocycles. The van der Waals surface area contributed by atoms with Crippen LogP contribution < -0.4 is 10.6 Å². The molecule has 0 atom stereocenters. The number of nitrogens with zero attached hydrogens (tertiary/aromatic N) is 1. The van der Waals surface area contributed by atoms with E-state index in [-0.39, 0.29) is 6.03 Å². The monoisotopic (exact) mass is 295 g/mol. The zero-order chi connectivity index (χ0) is 13.8. The largest absolute Gasteiger partial charge is 0.334 e.